The van der Waals surface area contributed by atoms with E-state index in [1.54, 1.807) is 28.1 Å². The van der Waals surface area contributed by atoms with Crippen LogP contribution in [-0.2, 0) is 11.0 Å². The van der Waals surface area contributed by atoms with Gasteiger partial charge in [0.25, 0.3) is 0 Å². The molecular weight excluding hydrogens is 482 g/mol. The lowest BCUT2D eigenvalue weighted by molar-refractivity contribution is -0.137. The Hall–Kier alpha value is -2.79. The van der Waals surface area contributed by atoms with Crippen molar-refractivity contribution in [3.05, 3.63) is 59.1 Å². The first-order valence-corrected chi connectivity index (χ1v) is 11.3. The average molecular weight is 500 g/mol. The second-order valence-electron chi connectivity index (χ2n) is 7.29. The Balaban J connectivity index is 1.29. The summed E-state index contributed by atoms with van der Waals surface area (Å²) in [5.41, 5.74) is 0.607. The number of hydrogen-bond acceptors (Lipinski definition) is 5. The number of rotatable bonds is 5. The number of carbonyl (C=O) groups is 1. The largest absolute Gasteiger partial charge is 0.417 e. The van der Waals surface area contributed by atoms with Crippen molar-refractivity contribution in [2.75, 3.05) is 36.8 Å². The molecule has 1 aliphatic rings. The number of aromatic nitrogens is 3. The van der Waals surface area contributed by atoms with Gasteiger partial charge in [0.05, 0.1) is 28.2 Å². The number of halogens is 5. The highest BCUT2D eigenvalue weighted by Crippen LogP contribution is 2.33. The molecule has 0 aliphatic carbocycles. The Labute approximate surface area is 196 Å². The Morgan fingerprint density at radius 1 is 1.09 bits per heavy atom. The van der Waals surface area contributed by atoms with Gasteiger partial charge in [-0.2, -0.15) is 13.2 Å². The van der Waals surface area contributed by atoms with E-state index in [0.29, 0.717) is 31.3 Å². The number of alkyl halides is 3. The molecule has 0 spiro atoms. The number of benzene rings is 1. The molecule has 2 aromatic heterocycles. The van der Waals surface area contributed by atoms with E-state index >= 15 is 0 Å². The van der Waals surface area contributed by atoms with Crippen molar-refractivity contribution >= 4 is 35.1 Å². The van der Waals surface area contributed by atoms with Gasteiger partial charge in [0.15, 0.2) is 5.16 Å². The van der Waals surface area contributed by atoms with Crippen molar-refractivity contribution in [3.63, 3.8) is 0 Å². The number of nitrogens with one attached hydrogen (secondary N) is 1. The Morgan fingerprint density at radius 3 is 2.42 bits per heavy atom. The van der Waals surface area contributed by atoms with Crippen LogP contribution in [0.4, 0.5) is 23.4 Å². The summed E-state index contributed by atoms with van der Waals surface area (Å²) in [6.07, 6.45) is -2.12. The topological polar surface area (TPSA) is 65.1 Å². The first-order valence-electron chi connectivity index (χ1n) is 9.90. The zero-order chi connectivity index (χ0) is 23.6. The average Bonchev–Trinajstić information content (AvgIpc) is 3.26. The molecular formula is C21H18ClF4N5OS. The van der Waals surface area contributed by atoms with E-state index in [4.69, 9.17) is 11.6 Å². The minimum absolute atomic E-state index is 0.0741. The van der Waals surface area contributed by atoms with Crippen LogP contribution in [0.25, 0.3) is 11.3 Å². The van der Waals surface area contributed by atoms with Gasteiger partial charge in [-0.15, -0.1) is 0 Å². The number of H-pyrrole nitrogens is 1. The predicted octanol–water partition coefficient (Wildman–Crippen LogP) is 4.72. The first-order chi connectivity index (χ1) is 15.7. The Bertz CT molecular complexity index is 1130. The molecule has 0 unspecified atom stereocenters. The van der Waals surface area contributed by atoms with Gasteiger partial charge < -0.3 is 14.8 Å². The molecule has 174 valence electrons. The van der Waals surface area contributed by atoms with Crippen molar-refractivity contribution in [1.29, 1.82) is 0 Å². The fourth-order valence-corrected chi connectivity index (χ4v) is 4.40. The molecule has 6 nitrogen and oxygen atoms in total. The van der Waals surface area contributed by atoms with Crippen molar-refractivity contribution in [3.8, 4) is 11.3 Å². The van der Waals surface area contributed by atoms with E-state index in [1.165, 1.54) is 23.9 Å². The molecule has 1 saturated heterocycles. The van der Waals surface area contributed by atoms with E-state index in [-0.39, 0.29) is 28.3 Å². The minimum atomic E-state index is -4.51. The Kier molecular flexibility index (Phi) is 6.80. The number of imidazole rings is 1. The maximum Gasteiger partial charge on any atom is 0.417 e. The summed E-state index contributed by atoms with van der Waals surface area (Å²) in [7, 11) is 0. The number of aromatic amines is 1. The van der Waals surface area contributed by atoms with Crippen LogP contribution in [0, 0.1) is 5.82 Å². The summed E-state index contributed by atoms with van der Waals surface area (Å²) < 4.78 is 51.5. The van der Waals surface area contributed by atoms with Gasteiger partial charge >= 0.3 is 6.18 Å². The van der Waals surface area contributed by atoms with Crippen LogP contribution in [0.15, 0.2) is 47.9 Å². The monoisotopic (exact) mass is 499 g/mol. The molecule has 12 heteroatoms. The molecule has 3 aromatic rings. The lowest BCUT2D eigenvalue weighted by atomic mass is 10.2. The number of carbonyl (C=O) groups excluding carboxylic acids is 1. The maximum atomic E-state index is 13.1. The van der Waals surface area contributed by atoms with E-state index < -0.39 is 11.7 Å². The highest BCUT2D eigenvalue weighted by molar-refractivity contribution is 7.99. The molecule has 1 aromatic carbocycles. The van der Waals surface area contributed by atoms with Gasteiger partial charge in [-0.05, 0) is 35.9 Å². The zero-order valence-electron chi connectivity index (χ0n) is 17.1. The van der Waals surface area contributed by atoms with Crippen molar-refractivity contribution in [1.82, 2.24) is 19.9 Å². The van der Waals surface area contributed by atoms with Crippen LogP contribution < -0.4 is 4.90 Å². The van der Waals surface area contributed by atoms with Gasteiger partial charge in [-0.25, -0.2) is 14.4 Å². The second-order valence-corrected chi connectivity index (χ2v) is 8.66. The molecule has 4 rings (SSSR count). The highest BCUT2D eigenvalue weighted by atomic mass is 35.5. The van der Waals surface area contributed by atoms with Crippen molar-refractivity contribution < 1.29 is 22.4 Å². The second kappa shape index (κ2) is 9.60. The molecule has 1 amide bonds. The summed E-state index contributed by atoms with van der Waals surface area (Å²) in [6, 6.07) is 6.86. The predicted molar refractivity (Wildman–Crippen MR) is 118 cm³/mol. The first kappa shape index (κ1) is 23.4. The third-order valence-corrected chi connectivity index (χ3v) is 6.27. The molecule has 1 fully saturated rings. The van der Waals surface area contributed by atoms with Crippen LogP contribution in [0.2, 0.25) is 5.02 Å². The number of thioether (sulfide) groups is 1. The molecule has 0 saturated carbocycles. The third-order valence-electron chi connectivity index (χ3n) is 5.12. The molecule has 33 heavy (non-hydrogen) atoms. The smallest absolute Gasteiger partial charge is 0.352 e. The van der Waals surface area contributed by atoms with Crippen LogP contribution >= 0.6 is 23.4 Å². The normalized spacial score (nSPS) is 14.6. The SMILES string of the molecule is O=C(CSc1ncc(-c2ccc(F)cc2)[nH]1)N1CCN(c2ncc(C(F)(F)F)cc2Cl)CC1. The maximum absolute atomic E-state index is 13.1. The molecule has 0 atom stereocenters. The standard InChI is InChI=1S/C21H18ClF4N5OS/c22-16-9-14(21(24,25)26)10-27-19(16)31-7-5-30(6-8-31)18(32)12-33-20-28-11-17(29-20)13-1-3-15(23)4-2-13/h1-4,9-11H,5-8,12H2,(H,28,29). The fraction of sp³-hybridized carbons (Fsp3) is 0.286. The van der Waals surface area contributed by atoms with Crippen molar-refractivity contribution in [2.45, 2.75) is 11.3 Å². The number of anilines is 1. The van der Waals surface area contributed by atoms with Gasteiger partial charge in [0.1, 0.15) is 11.6 Å². The van der Waals surface area contributed by atoms with Gasteiger partial charge in [0, 0.05) is 32.4 Å². The molecule has 1 aliphatic heterocycles. The summed E-state index contributed by atoms with van der Waals surface area (Å²) in [6.45, 7) is 1.61. The summed E-state index contributed by atoms with van der Waals surface area (Å²) >= 11 is 7.28. The van der Waals surface area contributed by atoms with Crippen LogP contribution in [0.5, 0.6) is 0 Å². The van der Waals surface area contributed by atoms with Crippen LogP contribution in [0.1, 0.15) is 5.56 Å². The van der Waals surface area contributed by atoms with E-state index in [9.17, 15) is 22.4 Å². The summed E-state index contributed by atoms with van der Waals surface area (Å²) in [5, 5.41) is 0.497. The minimum Gasteiger partial charge on any atom is -0.352 e. The van der Waals surface area contributed by atoms with Gasteiger partial charge in [-0.3, -0.25) is 4.79 Å². The number of piperazine rings is 1. The van der Waals surface area contributed by atoms with Crippen LogP contribution in [-0.4, -0.2) is 57.7 Å². The van der Waals surface area contributed by atoms with E-state index in [1.807, 2.05) is 0 Å². The molecule has 3 heterocycles. The van der Waals surface area contributed by atoms with E-state index in [2.05, 4.69) is 15.0 Å². The molecule has 0 radical (unpaired) electrons. The lowest BCUT2D eigenvalue weighted by Gasteiger charge is -2.35. The molecule has 0 bridgehead atoms. The van der Waals surface area contributed by atoms with Crippen LogP contribution in [0.3, 0.4) is 0 Å². The lowest BCUT2D eigenvalue weighted by Crippen LogP contribution is -2.49. The third kappa shape index (κ3) is 5.59. The molecule has 1 N–H and O–H groups in total. The fourth-order valence-electron chi connectivity index (χ4n) is 3.36. The zero-order valence-corrected chi connectivity index (χ0v) is 18.6. The Morgan fingerprint density at radius 2 is 1.79 bits per heavy atom. The van der Waals surface area contributed by atoms with E-state index in [0.717, 1.165) is 23.5 Å². The number of amides is 1. The highest BCUT2D eigenvalue weighted by Gasteiger charge is 2.32. The number of pyridine rings is 1. The number of nitrogens with zero attached hydrogens (tertiary/aromatic N) is 4. The van der Waals surface area contributed by atoms with Gasteiger partial charge in [0.2, 0.25) is 5.91 Å². The number of hydrogen-bond donors (Lipinski definition) is 1. The summed E-state index contributed by atoms with van der Waals surface area (Å²) in [5.74, 6) is 0.0474. The van der Waals surface area contributed by atoms with Gasteiger partial charge in [-0.1, -0.05) is 23.4 Å². The summed E-state index contributed by atoms with van der Waals surface area (Å²) in [4.78, 5) is 27.3. The quantitative estimate of drug-likeness (QED) is 0.406. The van der Waals surface area contributed by atoms with Crippen molar-refractivity contribution in [2.24, 2.45) is 0 Å².